The van der Waals surface area contributed by atoms with Crippen molar-refractivity contribution in [2.24, 2.45) is 0 Å². The molecule has 2 aliphatic rings. The van der Waals surface area contributed by atoms with Crippen molar-refractivity contribution in [1.82, 2.24) is 10.2 Å². The Morgan fingerprint density at radius 2 is 1.68 bits per heavy atom. The smallest absolute Gasteiger partial charge is 0.414 e. The van der Waals surface area contributed by atoms with Crippen LogP contribution in [-0.4, -0.2) is 47.7 Å². The summed E-state index contributed by atoms with van der Waals surface area (Å²) in [6, 6.07) is 8.99. The fourth-order valence-corrected chi connectivity index (χ4v) is 5.27. The molecule has 1 atom stereocenters. The van der Waals surface area contributed by atoms with Gasteiger partial charge in [0.1, 0.15) is 5.60 Å². The predicted molar refractivity (Wildman–Crippen MR) is 140 cm³/mol. The molecule has 1 N–H and O–H groups in total. The summed E-state index contributed by atoms with van der Waals surface area (Å²) in [5, 5.41) is 3.10. The molecule has 1 unspecified atom stereocenters. The largest absolute Gasteiger partial charge is 0.443 e. The van der Waals surface area contributed by atoms with Gasteiger partial charge in [-0.2, -0.15) is 0 Å². The predicted octanol–water partition coefficient (Wildman–Crippen LogP) is 5.54. The number of rotatable bonds is 6. The van der Waals surface area contributed by atoms with Crippen LogP contribution in [0, 0.1) is 11.6 Å². The van der Waals surface area contributed by atoms with Gasteiger partial charge in [-0.05, 0) is 102 Å². The van der Waals surface area contributed by atoms with Crippen LogP contribution in [-0.2, 0) is 22.4 Å². The number of carbonyl (C=O) groups excluding carboxylic acids is 2. The lowest BCUT2D eigenvalue weighted by atomic mass is 9.86. The third kappa shape index (κ3) is 6.12. The van der Waals surface area contributed by atoms with Crippen LogP contribution in [0.4, 0.5) is 19.3 Å². The first-order valence-corrected chi connectivity index (χ1v) is 13.0. The number of nitrogens with zero attached hydrogens (tertiary/aromatic N) is 2. The highest BCUT2D eigenvalue weighted by molar-refractivity contribution is 5.91. The van der Waals surface area contributed by atoms with Crippen molar-refractivity contribution in [2.75, 3.05) is 24.5 Å². The monoisotopic (exact) mass is 513 g/mol. The fraction of sp³-hybridized carbons (Fsp3) is 0.517. The highest BCUT2D eigenvalue weighted by Crippen LogP contribution is 2.35. The second-order valence-corrected chi connectivity index (χ2v) is 11.5. The van der Waals surface area contributed by atoms with Crippen LogP contribution in [0.2, 0.25) is 0 Å². The van der Waals surface area contributed by atoms with E-state index in [0.717, 1.165) is 55.2 Å². The van der Waals surface area contributed by atoms with Crippen LogP contribution in [0.25, 0.3) is 0 Å². The molecular formula is C29H37F2N3O3. The van der Waals surface area contributed by atoms with Gasteiger partial charge in [-0.3, -0.25) is 14.6 Å². The Morgan fingerprint density at radius 1 is 0.973 bits per heavy atom. The molecule has 1 saturated heterocycles. The molecule has 8 heteroatoms. The van der Waals surface area contributed by atoms with Gasteiger partial charge in [0.2, 0.25) is 5.91 Å². The Hall–Kier alpha value is -3.00. The van der Waals surface area contributed by atoms with Crippen molar-refractivity contribution in [3.05, 3.63) is 64.7 Å². The topological polar surface area (TPSA) is 61.9 Å². The van der Waals surface area contributed by atoms with Crippen LogP contribution < -0.4 is 10.2 Å². The number of hydrogen-bond donors (Lipinski definition) is 1. The van der Waals surface area contributed by atoms with E-state index in [1.54, 1.807) is 4.90 Å². The van der Waals surface area contributed by atoms with Crippen molar-refractivity contribution >= 4 is 17.7 Å². The Bertz CT molecular complexity index is 1170. The molecule has 0 aliphatic carbocycles. The summed E-state index contributed by atoms with van der Waals surface area (Å²) >= 11 is 0. The van der Waals surface area contributed by atoms with Crippen LogP contribution in [0.15, 0.2) is 36.4 Å². The average molecular weight is 514 g/mol. The van der Waals surface area contributed by atoms with Crippen molar-refractivity contribution in [3.63, 3.8) is 0 Å². The lowest BCUT2D eigenvalue weighted by Crippen LogP contribution is -2.53. The molecule has 200 valence electrons. The molecule has 1 fully saturated rings. The van der Waals surface area contributed by atoms with Crippen molar-refractivity contribution in [2.45, 2.75) is 77.5 Å². The van der Waals surface area contributed by atoms with E-state index in [2.05, 4.69) is 10.2 Å². The summed E-state index contributed by atoms with van der Waals surface area (Å²) in [7, 11) is 0. The number of ether oxygens (including phenoxy) is 1. The molecule has 0 bridgehead atoms. The number of fused-ring (bicyclic) bond motifs is 1. The first-order chi connectivity index (χ1) is 17.3. The van der Waals surface area contributed by atoms with E-state index < -0.39 is 34.9 Å². The maximum absolute atomic E-state index is 14.2. The maximum Gasteiger partial charge on any atom is 0.414 e. The van der Waals surface area contributed by atoms with E-state index in [4.69, 9.17) is 4.74 Å². The van der Waals surface area contributed by atoms with Crippen LogP contribution >= 0.6 is 0 Å². The van der Waals surface area contributed by atoms with Gasteiger partial charge in [-0.1, -0.05) is 18.2 Å². The number of halogens is 2. The molecule has 2 aliphatic heterocycles. The highest BCUT2D eigenvalue weighted by atomic mass is 19.2. The van der Waals surface area contributed by atoms with Crippen molar-refractivity contribution in [3.8, 4) is 0 Å². The summed E-state index contributed by atoms with van der Waals surface area (Å²) in [6.45, 7) is 11.8. The normalized spacial score (nSPS) is 17.0. The summed E-state index contributed by atoms with van der Waals surface area (Å²) < 4.78 is 33.4. The van der Waals surface area contributed by atoms with Gasteiger partial charge in [0.05, 0.1) is 18.2 Å². The van der Waals surface area contributed by atoms with Crippen LogP contribution in [0.5, 0.6) is 0 Å². The minimum atomic E-state index is -0.935. The van der Waals surface area contributed by atoms with Crippen molar-refractivity contribution in [1.29, 1.82) is 0 Å². The van der Waals surface area contributed by atoms with Crippen molar-refractivity contribution < 1.29 is 23.1 Å². The number of likely N-dealkylation sites (tertiary alicyclic amines) is 1. The molecule has 2 heterocycles. The van der Waals surface area contributed by atoms with E-state index in [0.29, 0.717) is 12.1 Å². The first-order valence-electron chi connectivity index (χ1n) is 13.0. The third-order valence-corrected chi connectivity index (χ3v) is 7.23. The van der Waals surface area contributed by atoms with Crippen LogP contribution in [0.1, 0.15) is 70.2 Å². The van der Waals surface area contributed by atoms with E-state index in [9.17, 15) is 18.4 Å². The summed E-state index contributed by atoms with van der Waals surface area (Å²) in [4.78, 5) is 29.9. The molecule has 0 radical (unpaired) electrons. The Balaban J connectivity index is 1.54. The van der Waals surface area contributed by atoms with E-state index in [1.165, 1.54) is 12.1 Å². The number of hydrogen-bond acceptors (Lipinski definition) is 4. The lowest BCUT2D eigenvalue weighted by Gasteiger charge is -2.42. The molecule has 0 saturated carbocycles. The molecule has 4 rings (SSSR count). The molecule has 2 aromatic carbocycles. The number of amides is 2. The van der Waals surface area contributed by atoms with Gasteiger partial charge in [-0.25, -0.2) is 13.6 Å². The zero-order valence-corrected chi connectivity index (χ0v) is 22.4. The second-order valence-electron chi connectivity index (χ2n) is 11.5. The Morgan fingerprint density at radius 3 is 2.32 bits per heavy atom. The molecule has 37 heavy (non-hydrogen) atoms. The van der Waals surface area contributed by atoms with Gasteiger partial charge in [0, 0.05) is 12.1 Å². The van der Waals surface area contributed by atoms with Gasteiger partial charge in [-0.15, -0.1) is 0 Å². The quantitative estimate of drug-likeness (QED) is 0.551. The van der Waals surface area contributed by atoms with E-state index in [-0.39, 0.29) is 12.3 Å². The number of anilines is 1. The Kier molecular flexibility index (Phi) is 7.60. The molecule has 0 spiro atoms. The minimum Gasteiger partial charge on any atom is -0.443 e. The van der Waals surface area contributed by atoms with Crippen LogP contribution in [0.3, 0.4) is 0 Å². The summed E-state index contributed by atoms with van der Waals surface area (Å²) in [5.41, 5.74) is 1.96. The highest BCUT2D eigenvalue weighted by Gasteiger charge is 2.39. The summed E-state index contributed by atoms with van der Waals surface area (Å²) in [5.74, 6) is -2.08. The maximum atomic E-state index is 14.2. The summed E-state index contributed by atoms with van der Waals surface area (Å²) in [6.07, 6.45) is 2.53. The minimum absolute atomic E-state index is 0.0890. The van der Waals surface area contributed by atoms with E-state index >= 15 is 0 Å². The third-order valence-electron chi connectivity index (χ3n) is 7.23. The van der Waals surface area contributed by atoms with Gasteiger partial charge in [0.25, 0.3) is 0 Å². The standard InChI is InChI=1S/C29H37F2N3O3/c1-28(2,3)37-27(36)34-15-12-20-9-8-19(16-24(20)34)17-25(35)32-26(21-10-11-22(30)23(31)18-21)29(4,5)33-13-6-7-14-33/h8-11,16,18,26H,6-7,12-15,17H2,1-5H3,(H,32,35). The number of nitrogens with one attached hydrogen (secondary N) is 1. The average Bonchev–Trinajstić information content (AvgIpc) is 3.49. The SMILES string of the molecule is CC(C)(C)OC(=O)N1CCc2ccc(CC(=O)NC(c3ccc(F)c(F)c3)C(C)(C)N3CCCC3)cc21. The molecule has 2 amide bonds. The zero-order chi connectivity index (χ0) is 27.0. The zero-order valence-electron chi connectivity index (χ0n) is 22.4. The fourth-order valence-electron chi connectivity index (χ4n) is 5.27. The lowest BCUT2D eigenvalue weighted by molar-refractivity contribution is -0.122. The van der Waals surface area contributed by atoms with Gasteiger partial charge < -0.3 is 10.1 Å². The first kappa shape index (κ1) is 27.0. The van der Waals surface area contributed by atoms with Gasteiger partial charge >= 0.3 is 6.09 Å². The van der Waals surface area contributed by atoms with Gasteiger partial charge in [0.15, 0.2) is 11.6 Å². The molecule has 6 nitrogen and oxygen atoms in total. The molecule has 0 aromatic heterocycles. The number of benzene rings is 2. The molecular weight excluding hydrogens is 476 g/mol. The Labute approximate surface area is 218 Å². The molecule has 2 aromatic rings. The number of carbonyl (C=O) groups is 2. The van der Waals surface area contributed by atoms with E-state index in [1.807, 2.05) is 52.8 Å². The second kappa shape index (κ2) is 10.4.